The van der Waals surface area contributed by atoms with E-state index in [1.807, 2.05) is 0 Å². The number of nitrogens with one attached hydrogen (secondary N) is 1. The zero-order valence-electron chi connectivity index (χ0n) is 16.0. The minimum absolute atomic E-state index is 0.216. The number of benzene rings is 1. The average Bonchev–Trinajstić information content (AvgIpc) is 2.61. The van der Waals surface area contributed by atoms with Crippen molar-refractivity contribution in [3.8, 4) is 0 Å². The topological polar surface area (TPSA) is 35.6 Å². The number of hydrogen-bond acceptors (Lipinski definition) is 3. The molecule has 0 spiro atoms. The van der Waals surface area contributed by atoms with Gasteiger partial charge >= 0.3 is 0 Å². The Morgan fingerprint density at radius 2 is 1.80 bits per heavy atom. The molecule has 1 fully saturated rings. The van der Waals surface area contributed by atoms with Crippen LogP contribution in [0.4, 0.5) is 0 Å². The minimum Gasteiger partial charge on any atom is -0.356 e. The van der Waals surface area contributed by atoms with Crippen LogP contribution < -0.4 is 5.32 Å². The number of rotatable bonds is 10. The van der Waals surface area contributed by atoms with Gasteiger partial charge in [-0.1, -0.05) is 57.0 Å². The van der Waals surface area contributed by atoms with Gasteiger partial charge in [-0.3, -0.25) is 9.69 Å². The van der Waals surface area contributed by atoms with Crippen LogP contribution in [-0.4, -0.2) is 55.0 Å². The molecule has 0 bridgehead atoms. The van der Waals surface area contributed by atoms with Gasteiger partial charge in [0.1, 0.15) is 0 Å². The zero-order chi connectivity index (χ0) is 17.9. The Bertz CT molecular complexity index is 483. The first-order valence-electron chi connectivity index (χ1n) is 9.92. The predicted molar refractivity (Wildman–Crippen MR) is 104 cm³/mol. The van der Waals surface area contributed by atoms with Crippen molar-refractivity contribution in [3.63, 3.8) is 0 Å². The smallest absolute Gasteiger partial charge is 0.220 e. The minimum atomic E-state index is 0.216. The van der Waals surface area contributed by atoms with Crippen LogP contribution in [0.3, 0.4) is 0 Å². The average molecular weight is 346 g/mol. The molecule has 0 aliphatic carbocycles. The molecule has 4 nitrogen and oxygen atoms in total. The van der Waals surface area contributed by atoms with E-state index in [1.165, 1.54) is 5.56 Å². The molecule has 1 aliphatic heterocycles. The third-order valence-corrected chi connectivity index (χ3v) is 5.00. The molecule has 1 amide bonds. The predicted octanol–water partition coefficient (Wildman–Crippen LogP) is 3.14. The maximum atomic E-state index is 11.9. The summed E-state index contributed by atoms with van der Waals surface area (Å²) in [5, 5.41) is 3.08. The fourth-order valence-corrected chi connectivity index (χ4v) is 3.53. The number of carbonyl (C=O) groups excluding carboxylic acids is 1. The highest BCUT2D eigenvalue weighted by Crippen LogP contribution is 2.10. The maximum absolute atomic E-state index is 11.9. The Labute approximate surface area is 153 Å². The molecule has 1 unspecified atom stereocenters. The van der Waals surface area contributed by atoms with Crippen molar-refractivity contribution >= 4 is 5.91 Å². The second-order valence-corrected chi connectivity index (χ2v) is 7.40. The molecular formula is C21H35N3O. The number of nitrogens with zero attached hydrogens (tertiary/aromatic N) is 2. The zero-order valence-corrected chi connectivity index (χ0v) is 16.0. The van der Waals surface area contributed by atoms with Crippen LogP contribution in [0, 0.1) is 5.92 Å². The molecule has 25 heavy (non-hydrogen) atoms. The van der Waals surface area contributed by atoms with E-state index in [1.54, 1.807) is 0 Å². The number of hydrogen-bond donors (Lipinski definition) is 1. The first-order valence-corrected chi connectivity index (χ1v) is 9.92. The summed E-state index contributed by atoms with van der Waals surface area (Å²) in [6.45, 7) is 11.8. The van der Waals surface area contributed by atoms with Crippen molar-refractivity contribution in [2.75, 3.05) is 39.3 Å². The van der Waals surface area contributed by atoms with Crippen LogP contribution in [0.1, 0.15) is 45.1 Å². The molecule has 1 aromatic rings. The Morgan fingerprint density at radius 3 is 2.48 bits per heavy atom. The SMILES string of the molecule is CCCC(C)CC(=O)NCCCN1CCN(Cc2ccccc2)CC1. The molecule has 4 heteroatoms. The number of amides is 1. The Morgan fingerprint density at radius 1 is 1.12 bits per heavy atom. The highest BCUT2D eigenvalue weighted by Gasteiger charge is 2.16. The quantitative estimate of drug-likeness (QED) is 0.662. The lowest BCUT2D eigenvalue weighted by atomic mass is 10.0. The van der Waals surface area contributed by atoms with Gasteiger partial charge in [0.25, 0.3) is 0 Å². The fourth-order valence-electron chi connectivity index (χ4n) is 3.53. The molecule has 2 rings (SSSR count). The summed E-state index contributed by atoms with van der Waals surface area (Å²) in [4.78, 5) is 16.9. The van der Waals surface area contributed by atoms with E-state index in [0.29, 0.717) is 12.3 Å². The molecule has 1 aromatic carbocycles. The Kier molecular flexibility index (Phi) is 8.98. The van der Waals surface area contributed by atoms with E-state index in [9.17, 15) is 4.79 Å². The monoisotopic (exact) mass is 345 g/mol. The van der Waals surface area contributed by atoms with Gasteiger partial charge in [-0.15, -0.1) is 0 Å². The lowest BCUT2D eigenvalue weighted by Gasteiger charge is -2.34. The molecule has 1 heterocycles. The number of piperazine rings is 1. The first-order chi connectivity index (χ1) is 12.2. The van der Waals surface area contributed by atoms with E-state index >= 15 is 0 Å². The summed E-state index contributed by atoms with van der Waals surface area (Å²) in [6, 6.07) is 10.7. The molecule has 1 N–H and O–H groups in total. The van der Waals surface area contributed by atoms with Crippen molar-refractivity contribution in [1.29, 1.82) is 0 Å². The van der Waals surface area contributed by atoms with Gasteiger partial charge in [0, 0.05) is 45.7 Å². The Balaban J connectivity index is 1.53. The van der Waals surface area contributed by atoms with Gasteiger partial charge in [0.15, 0.2) is 0 Å². The van der Waals surface area contributed by atoms with Gasteiger partial charge in [0.2, 0.25) is 5.91 Å². The van der Waals surface area contributed by atoms with Gasteiger partial charge in [-0.05, 0) is 24.4 Å². The lowest BCUT2D eigenvalue weighted by molar-refractivity contribution is -0.121. The molecule has 1 saturated heterocycles. The molecule has 0 saturated carbocycles. The summed E-state index contributed by atoms with van der Waals surface area (Å²) < 4.78 is 0. The lowest BCUT2D eigenvalue weighted by Crippen LogP contribution is -2.46. The summed E-state index contributed by atoms with van der Waals surface area (Å²) in [5.74, 6) is 0.719. The van der Waals surface area contributed by atoms with Gasteiger partial charge in [-0.2, -0.15) is 0 Å². The van der Waals surface area contributed by atoms with Crippen LogP contribution in [0.25, 0.3) is 0 Å². The van der Waals surface area contributed by atoms with Gasteiger partial charge in [0.05, 0.1) is 0 Å². The van der Waals surface area contributed by atoms with Crippen molar-refractivity contribution in [2.24, 2.45) is 5.92 Å². The Hall–Kier alpha value is -1.39. The molecule has 0 aromatic heterocycles. The van der Waals surface area contributed by atoms with E-state index in [-0.39, 0.29) is 5.91 Å². The van der Waals surface area contributed by atoms with Crippen molar-refractivity contribution in [2.45, 2.75) is 46.1 Å². The summed E-state index contributed by atoms with van der Waals surface area (Å²) in [5.41, 5.74) is 1.40. The molecular weight excluding hydrogens is 310 g/mol. The largest absolute Gasteiger partial charge is 0.356 e. The normalized spacial score (nSPS) is 17.4. The van der Waals surface area contributed by atoms with Gasteiger partial charge in [-0.25, -0.2) is 0 Å². The first kappa shape index (κ1) is 19.9. The highest BCUT2D eigenvalue weighted by atomic mass is 16.1. The van der Waals surface area contributed by atoms with E-state index in [0.717, 1.165) is 65.1 Å². The van der Waals surface area contributed by atoms with E-state index in [2.05, 4.69) is 59.3 Å². The standard InChI is InChI=1S/C21H35N3O/c1-3-8-19(2)17-21(25)22-11-7-12-23-13-15-24(16-14-23)18-20-9-5-4-6-10-20/h4-6,9-10,19H,3,7-8,11-18H2,1-2H3,(H,22,25). The van der Waals surface area contributed by atoms with Crippen LogP contribution in [0.5, 0.6) is 0 Å². The summed E-state index contributed by atoms with van der Waals surface area (Å²) in [7, 11) is 0. The second kappa shape index (κ2) is 11.3. The van der Waals surface area contributed by atoms with Crippen molar-refractivity contribution in [3.05, 3.63) is 35.9 Å². The number of carbonyl (C=O) groups is 1. The molecule has 0 radical (unpaired) electrons. The third kappa shape index (κ3) is 8.02. The summed E-state index contributed by atoms with van der Waals surface area (Å²) in [6.07, 6.45) is 4.02. The van der Waals surface area contributed by atoms with E-state index < -0.39 is 0 Å². The van der Waals surface area contributed by atoms with Crippen LogP contribution in [0.2, 0.25) is 0 Å². The highest BCUT2D eigenvalue weighted by molar-refractivity contribution is 5.76. The maximum Gasteiger partial charge on any atom is 0.220 e. The third-order valence-electron chi connectivity index (χ3n) is 5.00. The van der Waals surface area contributed by atoms with Crippen LogP contribution in [-0.2, 0) is 11.3 Å². The van der Waals surface area contributed by atoms with E-state index in [4.69, 9.17) is 0 Å². The second-order valence-electron chi connectivity index (χ2n) is 7.40. The van der Waals surface area contributed by atoms with Crippen LogP contribution >= 0.6 is 0 Å². The fraction of sp³-hybridized carbons (Fsp3) is 0.667. The molecule has 1 atom stereocenters. The molecule has 1 aliphatic rings. The van der Waals surface area contributed by atoms with Crippen molar-refractivity contribution in [1.82, 2.24) is 15.1 Å². The molecule has 140 valence electrons. The summed E-state index contributed by atoms with van der Waals surface area (Å²) >= 11 is 0. The van der Waals surface area contributed by atoms with Crippen molar-refractivity contribution < 1.29 is 4.79 Å². The van der Waals surface area contributed by atoms with Gasteiger partial charge < -0.3 is 10.2 Å². The van der Waals surface area contributed by atoms with Crippen LogP contribution in [0.15, 0.2) is 30.3 Å².